The Kier molecular flexibility index (Phi) is 4.52. The Balaban J connectivity index is 1.95. The van der Waals surface area contributed by atoms with Gasteiger partial charge in [-0.05, 0) is 23.8 Å². The van der Waals surface area contributed by atoms with E-state index in [2.05, 4.69) is 10.3 Å². The van der Waals surface area contributed by atoms with Crippen molar-refractivity contribution in [3.05, 3.63) is 78.4 Å². The number of nitrogens with one attached hydrogen (secondary N) is 1. The second-order valence-electron chi connectivity index (χ2n) is 5.09. The first-order valence-corrected chi connectivity index (χ1v) is 7.36. The number of halogens is 1. The van der Waals surface area contributed by atoms with Crippen LogP contribution in [0.1, 0.15) is 5.56 Å². The summed E-state index contributed by atoms with van der Waals surface area (Å²) in [6.45, 7) is 0.386. The number of hydrogen-bond acceptors (Lipinski definition) is 3. The molecule has 23 heavy (non-hydrogen) atoms. The lowest BCUT2D eigenvalue weighted by molar-refractivity contribution is 0.306. The molecular formula is C19H17FN2O. The molecule has 0 amide bonds. The predicted octanol–water partition coefficient (Wildman–Crippen LogP) is 4.51. The summed E-state index contributed by atoms with van der Waals surface area (Å²) < 4.78 is 19.5. The van der Waals surface area contributed by atoms with Gasteiger partial charge in [0.05, 0.1) is 11.9 Å². The predicted molar refractivity (Wildman–Crippen MR) is 90.0 cm³/mol. The molecule has 0 fully saturated rings. The summed E-state index contributed by atoms with van der Waals surface area (Å²) in [5, 5.41) is 3.10. The van der Waals surface area contributed by atoms with Gasteiger partial charge < -0.3 is 10.1 Å². The van der Waals surface area contributed by atoms with E-state index in [-0.39, 0.29) is 5.82 Å². The van der Waals surface area contributed by atoms with E-state index in [0.717, 1.165) is 22.4 Å². The molecule has 1 aromatic heterocycles. The average molecular weight is 308 g/mol. The van der Waals surface area contributed by atoms with Crippen LogP contribution in [0.5, 0.6) is 5.75 Å². The molecule has 0 saturated heterocycles. The molecule has 0 aliphatic heterocycles. The zero-order chi connectivity index (χ0) is 16.1. The van der Waals surface area contributed by atoms with Crippen LogP contribution in [0, 0.1) is 5.82 Å². The standard InChI is InChI=1S/C19H17FN2O/c1-21-18-12-22-10-9-16(18)17-8-7-15(20)11-19(17)23-13-14-5-3-2-4-6-14/h2-12,21H,13H2,1H3. The Labute approximate surface area is 134 Å². The highest BCUT2D eigenvalue weighted by Crippen LogP contribution is 2.35. The van der Waals surface area contributed by atoms with Crippen LogP contribution >= 0.6 is 0 Å². The van der Waals surface area contributed by atoms with Gasteiger partial charge in [0.2, 0.25) is 0 Å². The normalized spacial score (nSPS) is 10.3. The topological polar surface area (TPSA) is 34.2 Å². The highest BCUT2D eigenvalue weighted by Gasteiger charge is 2.11. The summed E-state index contributed by atoms with van der Waals surface area (Å²) in [6.07, 6.45) is 3.44. The van der Waals surface area contributed by atoms with Crippen LogP contribution < -0.4 is 10.1 Å². The zero-order valence-electron chi connectivity index (χ0n) is 12.8. The van der Waals surface area contributed by atoms with Crippen molar-refractivity contribution in [2.75, 3.05) is 12.4 Å². The molecule has 2 aromatic carbocycles. The molecule has 0 unspecified atom stereocenters. The Morgan fingerprint density at radius 2 is 1.87 bits per heavy atom. The van der Waals surface area contributed by atoms with E-state index in [1.54, 1.807) is 18.5 Å². The third kappa shape index (κ3) is 3.48. The molecule has 1 N–H and O–H groups in total. The summed E-state index contributed by atoms with van der Waals surface area (Å²) in [5.74, 6) is 0.188. The number of rotatable bonds is 5. The van der Waals surface area contributed by atoms with Crippen LogP contribution in [0.15, 0.2) is 67.0 Å². The maximum absolute atomic E-state index is 13.7. The fourth-order valence-corrected chi connectivity index (χ4v) is 2.40. The molecule has 3 nitrogen and oxygen atoms in total. The van der Waals surface area contributed by atoms with Gasteiger partial charge in [0.1, 0.15) is 18.2 Å². The summed E-state index contributed by atoms with van der Waals surface area (Å²) in [4.78, 5) is 4.11. The Morgan fingerprint density at radius 1 is 1.04 bits per heavy atom. The van der Waals surface area contributed by atoms with E-state index in [9.17, 15) is 4.39 Å². The van der Waals surface area contributed by atoms with Gasteiger partial charge in [0.15, 0.2) is 0 Å². The van der Waals surface area contributed by atoms with E-state index in [1.165, 1.54) is 12.1 Å². The lowest BCUT2D eigenvalue weighted by atomic mass is 10.0. The summed E-state index contributed by atoms with van der Waals surface area (Å²) in [6, 6.07) is 16.3. The second kappa shape index (κ2) is 6.92. The van der Waals surface area contributed by atoms with Gasteiger partial charge >= 0.3 is 0 Å². The smallest absolute Gasteiger partial charge is 0.130 e. The Bertz CT molecular complexity index is 790. The van der Waals surface area contributed by atoms with E-state index < -0.39 is 0 Å². The first-order valence-electron chi connectivity index (χ1n) is 7.36. The van der Waals surface area contributed by atoms with Crippen molar-refractivity contribution in [3.63, 3.8) is 0 Å². The number of benzene rings is 2. The van der Waals surface area contributed by atoms with Gasteiger partial charge in [-0.3, -0.25) is 4.98 Å². The average Bonchev–Trinajstić information content (AvgIpc) is 2.61. The fraction of sp³-hybridized carbons (Fsp3) is 0.105. The molecule has 0 atom stereocenters. The molecule has 3 aromatic rings. The lowest BCUT2D eigenvalue weighted by Gasteiger charge is -2.14. The summed E-state index contributed by atoms with van der Waals surface area (Å²) in [7, 11) is 1.83. The lowest BCUT2D eigenvalue weighted by Crippen LogP contribution is -1.99. The summed E-state index contributed by atoms with van der Waals surface area (Å²) >= 11 is 0. The highest BCUT2D eigenvalue weighted by molar-refractivity contribution is 5.80. The third-order valence-corrected chi connectivity index (χ3v) is 3.56. The highest BCUT2D eigenvalue weighted by atomic mass is 19.1. The summed E-state index contributed by atoms with van der Waals surface area (Å²) in [5.41, 5.74) is 3.65. The molecular weight excluding hydrogens is 291 g/mol. The van der Waals surface area contributed by atoms with Gasteiger partial charge in [-0.15, -0.1) is 0 Å². The van der Waals surface area contributed by atoms with E-state index in [0.29, 0.717) is 12.4 Å². The van der Waals surface area contributed by atoms with Gasteiger partial charge in [0.25, 0.3) is 0 Å². The number of anilines is 1. The molecule has 0 aliphatic rings. The molecule has 1 heterocycles. The van der Waals surface area contributed by atoms with Crippen LogP contribution in [-0.2, 0) is 6.61 Å². The van der Waals surface area contributed by atoms with Crippen molar-refractivity contribution >= 4 is 5.69 Å². The van der Waals surface area contributed by atoms with E-state index >= 15 is 0 Å². The van der Waals surface area contributed by atoms with Crippen molar-refractivity contribution in [1.82, 2.24) is 4.98 Å². The molecule has 0 radical (unpaired) electrons. The maximum atomic E-state index is 13.7. The maximum Gasteiger partial charge on any atom is 0.130 e. The number of ether oxygens (including phenoxy) is 1. The van der Waals surface area contributed by atoms with Crippen LogP contribution in [0.2, 0.25) is 0 Å². The number of hydrogen-bond donors (Lipinski definition) is 1. The van der Waals surface area contributed by atoms with Crippen LogP contribution in [0.25, 0.3) is 11.1 Å². The van der Waals surface area contributed by atoms with Gasteiger partial charge in [-0.25, -0.2) is 4.39 Å². The van der Waals surface area contributed by atoms with Crippen molar-refractivity contribution in [2.45, 2.75) is 6.61 Å². The minimum atomic E-state index is -0.322. The van der Waals surface area contributed by atoms with Crippen molar-refractivity contribution < 1.29 is 9.13 Å². The Morgan fingerprint density at radius 3 is 2.65 bits per heavy atom. The first kappa shape index (κ1) is 15.0. The Hall–Kier alpha value is -2.88. The fourth-order valence-electron chi connectivity index (χ4n) is 2.40. The minimum Gasteiger partial charge on any atom is -0.488 e. The number of pyridine rings is 1. The van der Waals surface area contributed by atoms with Crippen LogP contribution in [0.3, 0.4) is 0 Å². The third-order valence-electron chi connectivity index (χ3n) is 3.56. The van der Waals surface area contributed by atoms with Crippen molar-refractivity contribution in [2.24, 2.45) is 0 Å². The van der Waals surface area contributed by atoms with E-state index in [4.69, 9.17) is 4.74 Å². The largest absolute Gasteiger partial charge is 0.488 e. The first-order chi connectivity index (χ1) is 11.3. The van der Waals surface area contributed by atoms with Gasteiger partial charge in [-0.2, -0.15) is 0 Å². The number of nitrogens with zero attached hydrogens (tertiary/aromatic N) is 1. The molecule has 0 aliphatic carbocycles. The molecule has 0 spiro atoms. The zero-order valence-corrected chi connectivity index (χ0v) is 12.8. The SMILES string of the molecule is CNc1cnccc1-c1ccc(F)cc1OCc1ccccc1. The second-order valence-corrected chi connectivity index (χ2v) is 5.09. The van der Waals surface area contributed by atoms with Crippen LogP contribution in [0.4, 0.5) is 10.1 Å². The van der Waals surface area contributed by atoms with Crippen molar-refractivity contribution in [1.29, 1.82) is 0 Å². The van der Waals surface area contributed by atoms with Crippen molar-refractivity contribution in [3.8, 4) is 16.9 Å². The van der Waals surface area contributed by atoms with Gasteiger partial charge in [0, 0.05) is 30.4 Å². The molecule has 0 bridgehead atoms. The molecule has 4 heteroatoms. The van der Waals surface area contributed by atoms with Crippen LogP contribution in [-0.4, -0.2) is 12.0 Å². The molecule has 116 valence electrons. The van der Waals surface area contributed by atoms with E-state index in [1.807, 2.05) is 43.4 Å². The monoisotopic (exact) mass is 308 g/mol. The minimum absolute atomic E-state index is 0.322. The molecule has 0 saturated carbocycles. The number of aromatic nitrogens is 1. The molecule has 3 rings (SSSR count). The van der Waals surface area contributed by atoms with Gasteiger partial charge in [-0.1, -0.05) is 30.3 Å². The quantitative estimate of drug-likeness (QED) is 0.753.